The molecule has 0 bridgehead atoms. The van der Waals surface area contributed by atoms with Crippen molar-refractivity contribution in [1.82, 2.24) is 4.57 Å². The van der Waals surface area contributed by atoms with Gasteiger partial charge in [-0.1, -0.05) is 35.6 Å². The summed E-state index contributed by atoms with van der Waals surface area (Å²) in [6.45, 7) is 1.64. The molecule has 28 heavy (non-hydrogen) atoms. The average molecular weight is 398 g/mol. The molecule has 0 unspecified atom stereocenters. The number of amides is 1. The second-order valence-electron chi connectivity index (χ2n) is 5.93. The van der Waals surface area contributed by atoms with Crippen molar-refractivity contribution >= 4 is 44.4 Å². The average Bonchev–Trinajstić information content (AvgIpc) is 3.24. The summed E-state index contributed by atoms with van der Waals surface area (Å²) in [6.07, 6.45) is 0. The molecular formula is C20H15FN2O4S. The maximum absolute atomic E-state index is 14.4. The van der Waals surface area contributed by atoms with Gasteiger partial charge >= 0.3 is 11.9 Å². The minimum Gasteiger partial charge on any atom is -0.465 e. The van der Waals surface area contributed by atoms with Crippen molar-refractivity contribution in [3.8, 4) is 0 Å². The SMILES string of the molecule is CCOC(=O)Cn1c(=NC(=O)c2cc3ccccc3o2)sc2cccc(F)c21. The second-order valence-corrected chi connectivity index (χ2v) is 6.94. The van der Waals surface area contributed by atoms with E-state index in [0.29, 0.717) is 10.3 Å². The zero-order chi connectivity index (χ0) is 19.7. The summed E-state index contributed by atoms with van der Waals surface area (Å²) >= 11 is 1.11. The summed E-state index contributed by atoms with van der Waals surface area (Å²) in [7, 11) is 0. The van der Waals surface area contributed by atoms with Gasteiger partial charge < -0.3 is 13.7 Å². The molecule has 0 spiro atoms. The van der Waals surface area contributed by atoms with Crippen LogP contribution in [0.25, 0.3) is 21.2 Å². The fourth-order valence-corrected chi connectivity index (χ4v) is 3.93. The van der Waals surface area contributed by atoms with E-state index < -0.39 is 17.7 Å². The van der Waals surface area contributed by atoms with Crippen LogP contribution in [-0.2, 0) is 16.1 Å². The third-order valence-electron chi connectivity index (χ3n) is 4.08. The summed E-state index contributed by atoms with van der Waals surface area (Å²) in [4.78, 5) is 28.9. The Balaban J connectivity index is 1.83. The zero-order valence-electron chi connectivity index (χ0n) is 14.8. The van der Waals surface area contributed by atoms with Crippen molar-refractivity contribution < 1.29 is 23.1 Å². The maximum Gasteiger partial charge on any atom is 0.326 e. The largest absolute Gasteiger partial charge is 0.465 e. The molecule has 2 aromatic heterocycles. The van der Waals surface area contributed by atoms with Gasteiger partial charge in [-0.3, -0.25) is 9.59 Å². The highest BCUT2D eigenvalue weighted by Gasteiger charge is 2.17. The first-order valence-corrected chi connectivity index (χ1v) is 9.39. The van der Waals surface area contributed by atoms with Crippen LogP contribution in [0.3, 0.4) is 0 Å². The van der Waals surface area contributed by atoms with Crippen LogP contribution in [-0.4, -0.2) is 23.1 Å². The number of thiazole rings is 1. The van der Waals surface area contributed by atoms with Crippen molar-refractivity contribution in [2.45, 2.75) is 13.5 Å². The van der Waals surface area contributed by atoms with Gasteiger partial charge in [0.05, 0.1) is 16.8 Å². The summed E-state index contributed by atoms with van der Waals surface area (Å²) in [5.41, 5.74) is 0.777. The minimum absolute atomic E-state index is 0.0711. The smallest absolute Gasteiger partial charge is 0.326 e. The Morgan fingerprint density at radius 1 is 1.21 bits per heavy atom. The van der Waals surface area contributed by atoms with E-state index in [-0.39, 0.29) is 29.2 Å². The number of benzene rings is 2. The van der Waals surface area contributed by atoms with E-state index in [9.17, 15) is 14.0 Å². The first-order chi connectivity index (χ1) is 13.6. The number of ether oxygens (including phenoxy) is 1. The lowest BCUT2D eigenvalue weighted by atomic mass is 10.2. The molecule has 0 fully saturated rings. The predicted molar refractivity (Wildman–Crippen MR) is 103 cm³/mol. The number of hydrogen-bond donors (Lipinski definition) is 0. The number of hydrogen-bond acceptors (Lipinski definition) is 5. The highest BCUT2D eigenvalue weighted by molar-refractivity contribution is 7.16. The molecule has 4 rings (SSSR count). The highest BCUT2D eigenvalue weighted by atomic mass is 32.1. The van der Waals surface area contributed by atoms with Crippen LogP contribution in [0.1, 0.15) is 17.5 Å². The van der Waals surface area contributed by atoms with Crippen LogP contribution < -0.4 is 4.80 Å². The fraction of sp³-hybridized carbons (Fsp3) is 0.150. The Bertz CT molecular complexity index is 1240. The van der Waals surface area contributed by atoms with Gasteiger partial charge in [-0.05, 0) is 31.2 Å². The molecule has 1 amide bonds. The number of nitrogens with zero attached hydrogens (tertiary/aromatic N) is 2. The molecule has 2 heterocycles. The number of halogens is 1. The lowest BCUT2D eigenvalue weighted by molar-refractivity contribution is -0.143. The number of aromatic nitrogens is 1. The van der Waals surface area contributed by atoms with Gasteiger partial charge in [0.25, 0.3) is 0 Å². The van der Waals surface area contributed by atoms with Crippen LogP contribution in [0.15, 0.2) is 57.9 Å². The minimum atomic E-state index is -0.610. The summed E-state index contributed by atoms with van der Waals surface area (Å²) in [6, 6.07) is 13.4. The molecule has 142 valence electrons. The van der Waals surface area contributed by atoms with Gasteiger partial charge in [0.2, 0.25) is 0 Å². The Labute approximate surface area is 162 Å². The molecule has 0 atom stereocenters. The number of rotatable bonds is 4. The van der Waals surface area contributed by atoms with Gasteiger partial charge in [0.1, 0.15) is 17.9 Å². The molecule has 0 aliphatic heterocycles. The standard InChI is InChI=1S/C20H15FN2O4S/c1-2-26-17(24)11-23-18-13(21)7-5-9-16(18)28-20(23)22-19(25)15-10-12-6-3-4-8-14(12)27-15/h3-10H,2,11H2,1H3. The summed E-state index contributed by atoms with van der Waals surface area (Å²) in [5.74, 6) is -1.58. The van der Waals surface area contributed by atoms with E-state index >= 15 is 0 Å². The van der Waals surface area contributed by atoms with Gasteiger partial charge in [-0.15, -0.1) is 0 Å². The Morgan fingerprint density at radius 3 is 2.82 bits per heavy atom. The lowest BCUT2D eigenvalue weighted by Gasteiger charge is -2.05. The number of furan rings is 1. The molecule has 0 radical (unpaired) electrons. The summed E-state index contributed by atoms with van der Waals surface area (Å²) < 4.78 is 26.8. The van der Waals surface area contributed by atoms with E-state index in [4.69, 9.17) is 9.15 Å². The number of esters is 1. The normalized spacial score (nSPS) is 12.0. The molecule has 8 heteroatoms. The van der Waals surface area contributed by atoms with E-state index in [1.54, 1.807) is 37.3 Å². The van der Waals surface area contributed by atoms with Gasteiger partial charge in [-0.25, -0.2) is 4.39 Å². The second kappa shape index (κ2) is 7.40. The number of carbonyl (C=O) groups excluding carboxylic acids is 2. The van der Waals surface area contributed by atoms with Crippen molar-refractivity contribution in [3.05, 3.63) is 64.9 Å². The van der Waals surface area contributed by atoms with Gasteiger partial charge in [-0.2, -0.15) is 4.99 Å². The molecule has 6 nitrogen and oxygen atoms in total. The van der Waals surface area contributed by atoms with Crippen molar-refractivity contribution in [1.29, 1.82) is 0 Å². The Kier molecular flexibility index (Phi) is 4.79. The van der Waals surface area contributed by atoms with Crippen LogP contribution in [0, 0.1) is 5.82 Å². The van der Waals surface area contributed by atoms with E-state index in [1.165, 1.54) is 10.6 Å². The zero-order valence-corrected chi connectivity index (χ0v) is 15.7. The van der Waals surface area contributed by atoms with Crippen LogP contribution in [0.5, 0.6) is 0 Å². The van der Waals surface area contributed by atoms with Gasteiger partial charge in [0.15, 0.2) is 10.6 Å². The van der Waals surface area contributed by atoms with Gasteiger partial charge in [0, 0.05) is 5.39 Å². The predicted octanol–water partition coefficient (Wildman–Crippen LogP) is 3.89. The van der Waals surface area contributed by atoms with Crippen molar-refractivity contribution in [3.63, 3.8) is 0 Å². The molecule has 0 saturated heterocycles. The van der Waals surface area contributed by atoms with Crippen LogP contribution in [0.2, 0.25) is 0 Å². The molecule has 4 aromatic rings. The molecular weight excluding hydrogens is 383 g/mol. The van der Waals surface area contributed by atoms with E-state index in [2.05, 4.69) is 4.99 Å². The molecule has 0 saturated carbocycles. The first-order valence-electron chi connectivity index (χ1n) is 8.58. The van der Waals surface area contributed by atoms with Crippen molar-refractivity contribution in [2.24, 2.45) is 4.99 Å². The lowest BCUT2D eigenvalue weighted by Crippen LogP contribution is -2.23. The van der Waals surface area contributed by atoms with Crippen molar-refractivity contribution in [2.75, 3.05) is 6.61 Å². The number of fused-ring (bicyclic) bond motifs is 2. The summed E-state index contributed by atoms with van der Waals surface area (Å²) in [5, 5.41) is 0.780. The van der Waals surface area contributed by atoms with E-state index in [1.807, 2.05) is 12.1 Å². The third kappa shape index (κ3) is 3.34. The third-order valence-corrected chi connectivity index (χ3v) is 5.12. The topological polar surface area (TPSA) is 73.8 Å². The Morgan fingerprint density at radius 2 is 2.04 bits per heavy atom. The maximum atomic E-state index is 14.4. The quantitative estimate of drug-likeness (QED) is 0.489. The monoisotopic (exact) mass is 398 g/mol. The number of para-hydroxylation sites is 2. The first kappa shape index (κ1) is 18.1. The Hall–Kier alpha value is -3.26. The molecule has 2 aromatic carbocycles. The fourth-order valence-electron chi connectivity index (χ4n) is 2.88. The van der Waals surface area contributed by atoms with Crippen LogP contribution in [0.4, 0.5) is 4.39 Å². The highest BCUT2D eigenvalue weighted by Crippen LogP contribution is 2.22. The molecule has 0 aliphatic rings. The molecule has 0 aliphatic carbocycles. The number of carbonyl (C=O) groups is 2. The molecule has 0 N–H and O–H groups in total. The van der Waals surface area contributed by atoms with E-state index in [0.717, 1.165) is 16.7 Å². The van der Waals surface area contributed by atoms with Crippen LogP contribution >= 0.6 is 11.3 Å².